The lowest BCUT2D eigenvalue weighted by Gasteiger charge is -2.24. The second kappa shape index (κ2) is 12.2. The van der Waals surface area contributed by atoms with Crippen molar-refractivity contribution < 1.29 is 18.7 Å². The number of benzene rings is 1. The molecule has 0 unspecified atom stereocenters. The van der Waals surface area contributed by atoms with E-state index in [9.17, 15) is 14.0 Å². The van der Waals surface area contributed by atoms with Crippen LogP contribution in [0.25, 0.3) is 0 Å². The van der Waals surface area contributed by atoms with Gasteiger partial charge in [0.25, 0.3) is 5.56 Å². The van der Waals surface area contributed by atoms with Crippen molar-refractivity contribution in [3.63, 3.8) is 0 Å². The fourth-order valence-electron chi connectivity index (χ4n) is 3.28. The van der Waals surface area contributed by atoms with Crippen LogP contribution in [0.1, 0.15) is 44.9 Å². The molecule has 1 heterocycles. The summed E-state index contributed by atoms with van der Waals surface area (Å²) in [4.78, 5) is 31.9. The Morgan fingerprint density at radius 2 is 1.97 bits per heavy atom. The highest BCUT2D eigenvalue weighted by molar-refractivity contribution is 5.97. The van der Waals surface area contributed by atoms with Crippen molar-refractivity contribution in [2.45, 2.75) is 46.4 Å². The molecule has 1 aromatic heterocycles. The highest BCUT2D eigenvalue weighted by Gasteiger charge is 2.22. The zero-order valence-corrected chi connectivity index (χ0v) is 20.7. The summed E-state index contributed by atoms with van der Waals surface area (Å²) in [6.07, 6.45) is 4.15. The standard InChI is InChI=1S/C24H33FN4O5/c1-8-9-12-27(5)29-23(30)20(17(4)26-34-16(2)3)14-28(24(29)31)15-22(33-7)19-13-18(25)10-11-21(19)32-6/h8-11,13-14,16,22H,12,15H2,1-7H3/b9-8+,26-17+/t22-/m1/s1. The molecule has 2 aromatic rings. The maximum atomic E-state index is 14.0. The van der Waals surface area contributed by atoms with Gasteiger partial charge in [0.2, 0.25) is 0 Å². The van der Waals surface area contributed by atoms with E-state index in [4.69, 9.17) is 14.3 Å². The third kappa shape index (κ3) is 6.34. The second-order valence-corrected chi connectivity index (χ2v) is 7.95. The molecular weight excluding hydrogens is 443 g/mol. The summed E-state index contributed by atoms with van der Waals surface area (Å²) in [6.45, 7) is 7.44. The third-order valence-electron chi connectivity index (χ3n) is 5.06. The highest BCUT2D eigenvalue weighted by atomic mass is 19.1. The molecule has 0 N–H and O–H groups in total. The van der Waals surface area contributed by atoms with Crippen molar-refractivity contribution >= 4 is 5.71 Å². The molecule has 0 aliphatic heterocycles. The minimum atomic E-state index is -0.729. The van der Waals surface area contributed by atoms with Gasteiger partial charge in [0.05, 0.1) is 31.5 Å². The van der Waals surface area contributed by atoms with Crippen molar-refractivity contribution in [1.29, 1.82) is 0 Å². The Bertz CT molecular complexity index is 1150. The van der Waals surface area contributed by atoms with Crippen molar-refractivity contribution in [3.8, 4) is 5.75 Å². The number of hydrogen-bond donors (Lipinski definition) is 0. The van der Waals surface area contributed by atoms with Gasteiger partial charge < -0.3 is 19.3 Å². The number of likely N-dealkylation sites (N-methyl/N-ethyl adjacent to an activating group) is 1. The monoisotopic (exact) mass is 476 g/mol. The minimum Gasteiger partial charge on any atom is -0.496 e. The van der Waals surface area contributed by atoms with E-state index < -0.39 is 23.2 Å². The molecule has 1 atom stereocenters. The number of aromatic nitrogens is 2. The van der Waals surface area contributed by atoms with Crippen molar-refractivity contribution in [2.24, 2.45) is 5.16 Å². The molecular formula is C24H33FN4O5. The van der Waals surface area contributed by atoms with E-state index in [0.717, 1.165) is 4.68 Å². The van der Waals surface area contributed by atoms with E-state index in [2.05, 4.69) is 5.16 Å². The Morgan fingerprint density at radius 1 is 1.26 bits per heavy atom. The van der Waals surface area contributed by atoms with Gasteiger partial charge in [-0.1, -0.05) is 17.3 Å². The van der Waals surface area contributed by atoms with Crippen molar-refractivity contribution in [2.75, 3.05) is 32.8 Å². The number of nitrogens with zero attached hydrogens (tertiary/aromatic N) is 4. The lowest BCUT2D eigenvalue weighted by Crippen LogP contribution is -2.52. The molecule has 0 aliphatic rings. The van der Waals surface area contributed by atoms with E-state index >= 15 is 0 Å². The lowest BCUT2D eigenvalue weighted by atomic mass is 10.1. The maximum Gasteiger partial charge on any atom is 0.350 e. The molecule has 1 aromatic carbocycles. The number of ether oxygens (including phenoxy) is 2. The van der Waals surface area contributed by atoms with Crippen molar-refractivity contribution in [3.05, 3.63) is 74.3 Å². The topological polar surface area (TPSA) is 87.3 Å². The Hall–Kier alpha value is -3.40. The zero-order valence-electron chi connectivity index (χ0n) is 20.7. The first kappa shape index (κ1) is 26.8. The fourth-order valence-corrected chi connectivity index (χ4v) is 3.28. The van der Waals surface area contributed by atoms with Crippen LogP contribution in [-0.4, -0.2) is 48.9 Å². The first-order chi connectivity index (χ1) is 16.1. The maximum absolute atomic E-state index is 14.0. The second-order valence-electron chi connectivity index (χ2n) is 7.95. The third-order valence-corrected chi connectivity index (χ3v) is 5.06. The number of halogens is 1. The SMILES string of the molecule is C/C=C/CN(C)n1c(=O)c(/C(C)=N/OC(C)C)cn(C[C@@H](OC)c2cc(F)ccc2OC)c1=O. The molecule has 0 saturated carbocycles. The van der Waals surface area contributed by atoms with Gasteiger partial charge in [0.1, 0.15) is 23.8 Å². The average molecular weight is 477 g/mol. The van der Waals surface area contributed by atoms with Crippen LogP contribution in [0.15, 0.2) is 51.3 Å². The van der Waals surface area contributed by atoms with Gasteiger partial charge in [0, 0.05) is 25.9 Å². The van der Waals surface area contributed by atoms with E-state index in [1.165, 1.54) is 48.2 Å². The van der Waals surface area contributed by atoms with E-state index in [-0.39, 0.29) is 18.2 Å². The number of rotatable bonds is 11. The van der Waals surface area contributed by atoms with Crippen molar-refractivity contribution in [1.82, 2.24) is 9.24 Å². The van der Waals surface area contributed by atoms with Gasteiger partial charge in [-0.05, 0) is 45.9 Å². The molecule has 0 radical (unpaired) electrons. The molecule has 0 saturated heterocycles. The van der Waals surface area contributed by atoms with Crippen LogP contribution in [0, 0.1) is 5.82 Å². The largest absolute Gasteiger partial charge is 0.496 e. The number of allylic oxidation sites excluding steroid dienone is 1. The predicted octanol–water partition coefficient (Wildman–Crippen LogP) is 2.84. The average Bonchev–Trinajstić information content (AvgIpc) is 2.80. The smallest absolute Gasteiger partial charge is 0.350 e. The number of oxime groups is 1. The van der Waals surface area contributed by atoms with Gasteiger partial charge in [-0.3, -0.25) is 9.36 Å². The van der Waals surface area contributed by atoms with Crippen LogP contribution in [0.5, 0.6) is 5.75 Å². The Morgan fingerprint density at radius 3 is 2.56 bits per heavy atom. The predicted molar refractivity (Wildman–Crippen MR) is 130 cm³/mol. The van der Waals surface area contributed by atoms with Gasteiger partial charge in [0.15, 0.2) is 0 Å². The first-order valence-corrected chi connectivity index (χ1v) is 10.9. The number of methoxy groups -OCH3 is 2. The normalized spacial score (nSPS) is 12.9. The fraction of sp³-hybridized carbons (Fsp3) is 0.458. The van der Waals surface area contributed by atoms with Crippen LogP contribution in [-0.2, 0) is 16.1 Å². The molecule has 34 heavy (non-hydrogen) atoms. The van der Waals surface area contributed by atoms with Gasteiger partial charge >= 0.3 is 5.69 Å². The molecule has 9 nitrogen and oxygen atoms in total. The van der Waals surface area contributed by atoms with Crippen LogP contribution < -0.4 is 21.0 Å². The Kier molecular flexibility index (Phi) is 9.61. The summed E-state index contributed by atoms with van der Waals surface area (Å²) in [5, 5.41) is 5.54. The van der Waals surface area contributed by atoms with Gasteiger partial charge in [-0.25, -0.2) is 9.18 Å². The molecule has 0 amide bonds. The quantitative estimate of drug-likeness (QED) is 0.282. The van der Waals surface area contributed by atoms with Crippen LogP contribution >= 0.6 is 0 Å². The molecule has 0 bridgehead atoms. The Labute approximate surface area is 198 Å². The number of hydrogen-bond acceptors (Lipinski definition) is 7. The van der Waals surface area contributed by atoms with E-state index in [1.807, 2.05) is 32.9 Å². The summed E-state index contributed by atoms with van der Waals surface area (Å²) >= 11 is 0. The van der Waals surface area contributed by atoms with Gasteiger partial charge in [-0.2, -0.15) is 4.68 Å². The van der Waals surface area contributed by atoms with E-state index in [1.54, 1.807) is 14.0 Å². The van der Waals surface area contributed by atoms with E-state index in [0.29, 0.717) is 23.6 Å². The van der Waals surface area contributed by atoms with Crippen LogP contribution in [0.4, 0.5) is 4.39 Å². The summed E-state index contributed by atoms with van der Waals surface area (Å²) in [5.74, 6) is -0.0427. The lowest BCUT2D eigenvalue weighted by molar-refractivity contribution is 0.0833. The van der Waals surface area contributed by atoms with Crippen LogP contribution in [0.3, 0.4) is 0 Å². The van der Waals surface area contributed by atoms with Gasteiger partial charge in [-0.15, -0.1) is 0 Å². The molecule has 0 spiro atoms. The highest BCUT2D eigenvalue weighted by Crippen LogP contribution is 2.29. The molecule has 0 fully saturated rings. The summed E-state index contributed by atoms with van der Waals surface area (Å²) in [5.41, 5.74) is -0.159. The first-order valence-electron chi connectivity index (χ1n) is 10.9. The Balaban J connectivity index is 2.67. The summed E-state index contributed by atoms with van der Waals surface area (Å²) in [7, 11) is 4.56. The molecule has 10 heteroatoms. The summed E-state index contributed by atoms with van der Waals surface area (Å²) in [6, 6.07) is 4.08. The zero-order chi connectivity index (χ0) is 25.4. The molecule has 0 aliphatic carbocycles. The molecule has 2 rings (SSSR count). The molecule has 186 valence electrons. The summed E-state index contributed by atoms with van der Waals surface area (Å²) < 4.78 is 27.3. The van der Waals surface area contributed by atoms with Crippen LogP contribution in [0.2, 0.25) is 0 Å². The minimum absolute atomic E-state index is 0.00178.